The molecule has 0 radical (unpaired) electrons. The zero-order valence-electron chi connectivity index (χ0n) is 17.1. The molecule has 4 heterocycles. The van der Waals surface area contributed by atoms with Crippen LogP contribution in [0.4, 0.5) is 0 Å². The molecule has 0 spiro atoms. The monoisotopic (exact) mass is 420 g/mol. The van der Waals surface area contributed by atoms with Gasteiger partial charge in [0.15, 0.2) is 12.2 Å². The molecule has 0 aliphatic carbocycles. The number of carbonyl (C=O) groups excluding carboxylic acids is 1. The van der Waals surface area contributed by atoms with Gasteiger partial charge in [0, 0.05) is 18.3 Å². The Bertz CT molecular complexity index is 1070. The molecule has 2 N–H and O–H groups in total. The van der Waals surface area contributed by atoms with Crippen LogP contribution in [0.5, 0.6) is 0 Å². The third-order valence-corrected chi connectivity index (χ3v) is 5.31. The van der Waals surface area contributed by atoms with Gasteiger partial charge in [0.2, 0.25) is 5.76 Å². The predicted molar refractivity (Wildman–Crippen MR) is 102 cm³/mol. The number of fused-ring (bicyclic) bond motifs is 1. The van der Waals surface area contributed by atoms with Crippen molar-refractivity contribution in [3.05, 3.63) is 50.4 Å². The molecule has 2 aromatic heterocycles. The highest BCUT2D eigenvalue weighted by atomic mass is 16.8. The highest BCUT2D eigenvalue weighted by Crippen LogP contribution is 2.39. The number of aromatic amines is 1. The van der Waals surface area contributed by atoms with E-state index < -0.39 is 47.3 Å². The standard InChI is InChI=1S/C19H24N4O7/c1-9-6-23(18(26)22-16(9)24)11-7-27-12(15-14(11)29-19(3,4)30-15)5-20-17(25)13-10(2)21-8-28-13/h6,8,11-12,14-15H,5,7H2,1-4H3,(H,20,25)(H,22,24,26)/t11-,12-,14+,15-/m1/s1. The van der Waals surface area contributed by atoms with Crippen molar-refractivity contribution in [3.8, 4) is 0 Å². The summed E-state index contributed by atoms with van der Waals surface area (Å²) in [5.41, 5.74) is -0.0823. The van der Waals surface area contributed by atoms with Gasteiger partial charge in [-0.1, -0.05) is 0 Å². The number of aryl methyl sites for hydroxylation is 2. The number of hydrogen-bond donors (Lipinski definition) is 2. The molecule has 11 heteroatoms. The summed E-state index contributed by atoms with van der Waals surface area (Å²) in [5, 5.41) is 2.77. The van der Waals surface area contributed by atoms with Crippen LogP contribution in [0.2, 0.25) is 0 Å². The molecule has 2 fully saturated rings. The van der Waals surface area contributed by atoms with E-state index in [4.69, 9.17) is 18.6 Å². The maximum atomic E-state index is 12.4. The van der Waals surface area contributed by atoms with Gasteiger partial charge < -0.3 is 23.9 Å². The van der Waals surface area contributed by atoms with Crippen molar-refractivity contribution < 1.29 is 23.4 Å². The Labute approximate surface area is 171 Å². The Morgan fingerprint density at radius 3 is 2.73 bits per heavy atom. The minimum absolute atomic E-state index is 0.138. The molecule has 1 amide bonds. The fourth-order valence-corrected chi connectivity index (χ4v) is 3.85. The lowest BCUT2D eigenvalue weighted by Gasteiger charge is -2.37. The molecular weight excluding hydrogens is 396 g/mol. The van der Waals surface area contributed by atoms with Crippen LogP contribution >= 0.6 is 0 Å². The van der Waals surface area contributed by atoms with Crippen molar-refractivity contribution in [1.82, 2.24) is 19.9 Å². The summed E-state index contributed by atoms with van der Waals surface area (Å²) < 4.78 is 24.6. The largest absolute Gasteiger partial charge is 0.438 e. The number of rotatable bonds is 4. The van der Waals surface area contributed by atoms with Crippen molar-refractivity contribution >= 4 is 5.91 Å². The van der Waals surface area contributed by atoms with Crippen molar-refractivity contribution in [2.24, 2.45) is 0 Å². The van der Waals surface area contributed by atoms with Crippen LogP contribution in [-0.4, -0.2) is 57.7 Å². The van der Waals surface area contributed by atoms with Crippen LogP contribution in [0.15, 0.2) is 26.6 Å². The second-order valence-electron chi connectivity index (χ2n) is 7.96. The Morgan fingerprint density at radius 1 is 1.30 bits per heavy atom. The van der Waals surface area contributed by atoms with Crippen LogP contribution in [0.1, 0.15) is 41.7 Å². The zero-order valence-corrected chi connectivity index (χ0v) is 17.1. The Hall–Kier alpha value is -2.76. The molecule has 2 aliphatic rings. The number of H-pyrrole nitrogens is 1. The number of ether oxygens (including phenoxy) is 3. The average Bonchev–Trinajstić information content (AvgIpc) is 3.24. The van der Waals surface area contributed by atoms with Crippen molar-refractivity contribution in [2.45, 2.75) is 57.8 Å². The first-order chi connectivity index (χ1) is 14.2. The highest BCUT2D eigenvalue weighted by Gasteiger charge is 2.52. The van der Waals surface area contributed by atoms with E-state index in [1.165, 1.54) is 17.2 Å². The normalized spacial score (nSPS) is 27.6. The number of oxazole rings is 1. The molecule has 0 aromatic carbocycles. The maximum Gasteiger partial charge on any atom is 0.328 e. The molecule has 11 nitrogen and oxygen atoms in total. The lowest BCUT2D eigenvalue weighted by atomic mass is 9.97. The van der Waals surface area contributed by atoms with E-state index in [1.807, 2.05) is 0 Å². The van der Waals surface area contributed by atoms with Gasteiger partial charge in [0.1, 0.15) is 18.3 Å². The molecule has 30 heavy (non-hydrogen) atoms. The van der Waals surface area contributed by atoms with E-state index in [0.717, 1.165) is 0 Å². The fourth-order valence-electron chi connectivity index (χ4n) is 3.85. The van der Waals surface area contributed by atoms with Gasteiger partial charge >= 0.3 is 5.69 Å². The smallest absolute Gasteiger partial charge is 0.328 e. The van der Waals surface area contributed by atoms with Gasteiger partial charge in [-0.2, -0.15) is 0 Å². The second kappa shape index (κ2) is 7.49. The van der Waals surface area contributed by atoms with Crippen molar-refractivity contribution in [1.29, 1.82) is 0 Å². The van der Waals surface area contributed by atoms with Crippen LogP contribution < -0.4 is 16.6 Å². The summed E-state index contributed by atoms with van der Waals surface area (Å²) in [7, 11) is 0. The molecule has 2 saturated heterocycles. The first-order valence-electron chi connectivity index (χ1n) is 9.64. The Morgan fingerprint density at radius 2 is 2.03 bits per heavy atom. The maximum absolute atomic E-state index is 12.4. The van der Waals surface area contributed by atoms with Gasteiger partial charge in [0.25, 0.3) is 11.5 Å². The predicted octanol–water partition coefficient (Wildman–Crippen LogP) is 0.0314. The number of carbonyl (C=O) groups is 1. The van der Waals surface area contributed by atoms with Crippen LogP contribution in [0.3, 0.4) is 0 Å². The molecule has 4 atom stereocenters. The molecule has 2 aliphatic heterocycles. The van der Waals surface area contributed by atoms with Gasteiger partial charge in [-0.25, -0.2) is 9.78 Å². The molecular formula is C19H24N4O7. The summed E-state index contributed by atoms with van der Waals surface area (Å²) in [6.45, 7) is 7.15. The topological polar surface area (TPSA) is 138 Å². The highest BCUT2D eigenvalue weighted by molar-refractivity contribution is 5.92. The van der Waals surface area contributed by atoms with Gasteiger partial charge in [-0.3, -0.25) is 19.1 Å². The summed E-state index contributed by atoms with van der Waals surface area (Å²) in [4.78, 5) is 42.7. The SMILES string of the molecule is Cc1ncoc1C(=O)NC[C@H]1OC[C@@H](n2cc(C)c(=O)[nH]c2=O)[C@@H]2OC(C)(C)O[C@@H]21. The third kappa shape index (κ3) is 3.71. The third-order valence-electron chi connectivity index (χ3n) is 5.31. The number of nitrogens with zero attached hydrogens (tertiary/aromatic N) is 2. The quantitative estimate of drug-likeness (QED) is 0.707. The summed E-state index contributed by atoms with van der Waals surface area (Å²) in [6, 6.07) is -0.497. The zero-order chi connectivity index (χ0) is 21.6. The molecule has 4 rings (SSSR count). The molecule has 0 bridgehead atoms. The molecule has 0 saturated carbocycles. The first-order valence-corrected chi connectivity index (χ1v) is 9.64. The van der Waals surface area contributed by atoms with E-state index in [-0.39, 0.29) is 18.9 Å². The van der Waals surface area contributed by atoms with Crippen molar-refractivity contribution in [3.63, 3.8) is 0 Å². The summed E-state index contributed by atoms with van der Waals surface area (Å²) in [5.74, 6) is -1.16. The van der Waals surface area contributed by atoms with Gasteiger partial charge in [0.05, 0.1) is 18.3 Å². The number of hydrogen-bond acceptors (Lipinski definition) is 8. The molecule has 162 valence electrons. The number of nitrogens with one attached hydrogen (secondary N) is 2. The first kappa shape index (κ1) is 20.5. The van der Waals surface area contributed by atoms with Gasteiger partial charge in [-0.15, -0.1) is 0 Å². The van der Waals surface area contributed by atoms with Gasteiger partial charge in [-0.05, 0) is 27.7 Å². The Balaban J connectivity index is 1.54. The van der Waals surface area contributed by atoms with E-state index in [2.05, 4.69) is 15.3 Å². The van der Waals surface area contributed by atoms with Crippen LogP contribution in [0, 0.1) is 13.8 Å². The minimum atomic E-state index is -0.897. The Kier molecular flexibility index (Phi) is 5.12. The number of amides is 1. The minimum Gasteiger partial charge on any atom is -0.438 e. The van der Waals surface area contributed by atoms with E-state index in [0.29, 0.717) is 11.3 Å². The summed E-state index contributed by atoms with van der Waals surface area (Å²) in [6.07, 6.45) is 1.16. The van der Waals surface area contributed by atoms with E-state index in [1.54, 1.807) is 27.7 Å². The fraction of sp³-hybridized carbons (Fsp3) is 0.579. The van der Waals surface area contributed by atoms with Crippen molar-refractivity contribution in [2.75, 3.05) is 13.2 Å². The molecule has 0 unspecified atom stereocenters. The lowest BCUT2D eigenvalue weighted by molar-refractivity contribution is -0.153. The van der Waals surface area contributed by atoms with Crippen LogP contribution in [0.25, 0.3) is 0 Å². The second-order valence-corrected chi connectivity index (χ2v) is 7.96. The molecule has 2 aromatic rings. The average molecular weight is 420 g/mol. The lowest BCUT2D eigenvalue weighted by Crippen LogP contribution is -2.54. The van der Waals surface area contributed by atoms with E-state index >= 15 is 0 Å². The summed E-state index contributed by atoms with van der Waals surface area (Å²) >= 11 is 0. The number of aromatic nitrogens is 3. The van der Waals surface area contributed by atoms with Crippen LogP contribution in [-0.2, 0) is 14.2 Å². The van der Waals surface area contributed by atoms with E-state index in [9.17, 15) is 14.4 Å².